The van der Waals surface area contributed by atoms with Crippen LogP contribution in [0.4, 0.5) is 11.9 Å². The van der Waals surface area contributed by atoms with Crippen LogP contribution in [0, 0.1) is 0 Å². The standard InChI is InChI=1S/C11H17N9/c1-8-5-19(4-3-18(8)2)10-15-9(12)16-11(17-10)20-7-13-6-14-20/h6-8H,3-5H2,1-2H3,(H2,12,15,16,17). The summed E-state index contributed by atoms with van der Waals surface area (Å²) < 4.78 is 1.47. The number of likely N-dealkylation sites (N-methyl/N-ethyl adjacent to an activating group) is 1. The van der Waals surface area contributed by atoms with E-state index in [0.29, 0.717) is 17.9 Å². The molecule has 2 aromatic rings. The van der Waals surface area contributed by atoms with E-state index in [1.165, 1.54) is 17.3 Å². The van der Waals surface area contributed by atoms with Crippen molar-refractivity contribution >= 4 is 11.9 Å². The lowest BCUT2D eigenvalue weighted by Crippen LogP contribution is -2.50. The van der Waals surface area contributed by atoms with Crippen molar-refractivity contribution in [3.63, 3.8) is 0 Å². The lowest BCUT2D eigenvalue weighted by atomic mass is 10.2. The van der Waals surface area contributed by atoms with E-state index in [-0.39, 0.29) is 5.95 Å². The quantitative estimate of drug-likeness (QED) is 0.758. The number of hydrogen-bond donors (Lipinski definition) is 1. The minimum Gasteiger partial charge on any atom is -0.368 e. The normalized spacial score (nSPS) is 20.3. The van der Waals surface area contributed by atoms with Crippen LogP contribution >= 0.6 is 0 Å². The largest absolute Gasteiger partial charge is 0.368 e. The molecule has 1 aliphatic heterocycles. The summed E-state index contributed by atoms with van der Waals surface area (Å²) >= 11 is 0. The van der Waals surface area contributed by atoms with Gasteiger partial charge in [0.15, 0.2) is 0 Å². The fraction of sp³-hybridized carbons (Fsp3) is 0.545. The van der Waals surface area contributed by atoms with E-state index in [1.54, 1.807) is 0 Å². The van der Waals surface area contributed by atoms with E-state index in [9.17, 15) is 0 Å². The highest BCUT2D eigenvalue weighted by Gasteiger charge is 2.23. The molecule has 1 saturated heterocycles. The van der Waals surface area contributed by atoms with Gasteiger partial charge in [-0.15, -0.1) is 0 Å². The van der Waals surface area contributed by atoms with Crippen LogP contribution in [0.25, 0.3) is 5.95 Å². The number of nitrogen functional groups attached to an aromatic ring is 1. The summed E-state index contributed by atoms with van der Waals surface area (Å²) in [6.45, 7) is 4.86. The lowest BCUT2D eigenvalue weighted by Gasteiger charge is -2.37. The molecule has 0 aromatic carbocycles. The van der Waals surface area contributed by atoms with Crippen molar-refractivity contribution in [1.29, 1.82) is 0 Å². The third-order valence-corrected chi connectivity index (χ3v) is 3.50. The van der Waals surface area contributed by atoms with Gasteiger partial charge in [0.05, 0.1) is 0 Å². The Morgan fingerprint density at radius 1 is 1.20 bits per heavy atom. The number of nitrogens with two attached hydrogens (primary N) is 1. The number of aromatic nitrogens is 6. The fourth-order valence-corrected chi connectivity index (χ4v) is 2.15. The fourth-order valence-electron chi connectivity index (χ4n) is 2.15. The zero-order chi connectivity index (χ0) is 14.1. The summed E-state index contributed by atoms with van der Waals surface area (Å²) in [7, 11) is 2.12. The van der Waals surface area contributed by atoms with Crippen molar-refractivity contribution in [2.75, 3.05) is 37.3 Å². The van der Waals surface area contributed by atoms with E-state index < -0.39 is 0 Å². The highest BCUT2D eigenvalue weighted by molar-refractivity contribution is 5.38. The summed E-state index contributed by atoms with van der Waals surface area (Å²) in [6, 6.07) is 0.441. The van der Waals surface area contributed by atoms with Gasteiger partial charge >= 0.3 is 0 Å². The highest BCUT2D eigenvalue weighted by atomic mass is 15.4. The predicted octanol–water partition coefficient (Wildman–Crippen LogP) is -0.825. The van der Waals surface area contributed by atoms with Crippen LogP contribution in [-0.4, -0.2) is 67.3 Å². The molecule has 0 amide bonds. The molecule has 106 valence electrons. The molecule has 0 radical (unpaired) electrons. The van der Waals surface area contributed by atoms with Gasteiger partial charge in [0.1, 0.15) is 12.7 Å². The third-order valence-electron chi connectivity index (χ3n) is 3.50. The first-order valence-electron chi connectivity index (χ1n) is 6.45. The lowest BCUT2D eigenvalue weighted by molar-refractivity contribution is 0.232. The molecule has 0 saturated carbocycles. The van der Waals surface area contributed by atoms with Crippen molar-refractivity contribution in [3.8, 4) is 5.95 Å². The molecule has 2 N–H and O–H groups in total. The molecule has 2 aromatic heterocycles. The van der Waals surface area contributed by atoms with Gasteiger partial charge in [0, 0.05) is 25.7 Å². The molecule has 20 heavy (non-hydrogen) atoms. The van der Waals surface area contributed by atoms with Gasteiger partial charge in [-0.3, -0.25) is 0 Å². The number of hydrogen-bond acceptors (Lipinski definition) is 8. The molecule has 1 unspecified atom stereocenters. The Labute approximate surface area is 116 Å². The van der Waals surface area contributed by atoms with E-state index in [2.05, 4.69) is 48.8 Å². The Balaban J connectivity index is 1.90. The predicted molar refractivity (Wildman–Crippen MR) is 73.5 cm³/mol. The highest BCUT2D eigenvalue weighted by Crippen LogP contribution is 2.15. The SMILES string of the molecule is CC1CN(c2nc(N)nc(-n3cncn3)n2)CCN1C. The minimum atomic E-state index is 0.187. The number of nitrogens with zero attached hydrogens (tertiary/aromatic N) is 8. The molecule has 3 rings (SSSR count). The van der Waals surface area contributed by atoms with Gasteiger partial charge in [-0.1, -0.05) is 0 Å². The van der Waals surface area contributed by atoms with Gasteiger partial charge in [-0.05, 0) is 14.0 Å². The Kier molecular flexibility index (Phi) is 3.18. The second-order valence-electron chi connectivity index (χ2n) is 4.91. The molecule has 1 atom stereocenters. The second-order valence-corrected chi connectivity index (χ2v) is 4.91. The number of rotatable bonds is 2. The summed E-state index contributed by atoms with van der Waals surface area (Å²) in [6.07, 6.45) is 2.96. The Morgan fingerprint density at radius 3 is 2.70 bits per heavy atom. The zero-order valence-corrected chi connectivity index (χ0v) is 11.5. The van der Waals surface area contributed by atoms with Crippen LogP contribution in [0.15, 0.2) is 12.7 Å². The Bertz CT molecular complexity index is 582. The average molecular weight is 275 g/mol. The van der Waals surface area contributed by atoms with Gasteiger partial charge < -0.3 is 15.5 Å². The minimum absolute atomic E-state index is 0.187. The van der Waals surface area contributed by atoms with Crippen molar-refractivity contribution < 1.29 is 0 Å². The van der Waals surface area contributed by atoms with Crippen molar-refractivity contribution in [2.45, 2.75) is 13.0 Å². The molecule has 9 nitrogen and oxygen atoms in total. The maximum atomic E-state index is 5.77. The first-order chi connectivity index (χ1) is 9.63. The van der Waals surface area contributed by atoms with Gasteiger partial charge in [-0.2, -0.15) is 24.7 Å². The van der Waals surface area contributed by atoms with Crippen LogP contribution in [0.3, 0.4) is 0 Å². The molecular weight excluding hydrogens is 258 g/mol. The molecule has 1 aliphatic rings. The Hall–Kier alpha value is -2.29. The zero-order valence-electron chi connectivity index (χ0n) is 11.5. The number of piperazine rings is 1. The summed E-state index contributed by atoms with van der Waals surface area (Å²) in [5, 5.41) is 4.01. The van der Waals surface area contributed by atoms with E-state index in [1.807, 2.05) is 0 Å². The maximum Gasteiger partial charge on any atom is 0.258 e. The first kappa shape index (κ1) is 12.7. The number of anilines is 2. The van der Waals surface area contributed by atoms with Gasteiger partial charge in [0.2, 0.25) is 11.9 Å². The molecule has 0 aliphatic carbocycles. The average Bonchev–Trinajstić information content (AvgIpc) is 2.95. The first-order valence-corrected chi connectivity index (χ1v) is 6.45. The monoisotopic (exact) mass is 275 g/mol. The second kappa shape index (κ2) is 5.00. The van der Waals surface area contributed by atoms with Crippen molar-refractivity contribution in [1.82, 2.24) is 34.6 Å². The van der Waals surface area contributed by atoms with E-state index in [0.717, 1.165) is 19.6 Å². The van der Waals surface area contributed by atoms with E-state index in [4.69, 9.17) is 5.73 Å². The van der Waals surface area contributed by atoms with Crippen LogP contribution < -0.4 is 10.6 Å². The Morgan fingerprint density at radius 2 is 2.00 bits per heavy atom. The van der Waals surface area contributed by atoms with E-state index >= 15 is 0 Å². The molecule has 0 bridgehead atoms. The van der Waals surface area contributed by atoms with Crippen LogP contribution in [0.5, 0.6) is 0 Å². The van der Waals surface area contributed by atoms with Crippen molar-refractivity contribution in [2.24, 2.45) is 0 Å². The topological polar surface area (TPSA) is 102 Å². The molecule has 9 heteroatoms. The van der Waals surface area contributed by atoms with Gasteiger partial charge in [0.25, 0.3) is 5.95 Å². The molecule has 0 spiro atoms. The maximum absolute atomic E-state index is 5.77. The molecule has 3 heterocycles. The van der Waals surface area contributed by atoms with Crippen LogP contribution in [-0.2, 0) is 0 Å². The van der Waals surface area contributed by atoms with Gasteiger partial charge in [-0.25, -0.2) is 4.98 Å². The van der Waals surface area contributed by atoms with Crippen LogP contribution in [0.2, 0.25) is 0 Å². The van der Waals surface area contributed by atoms with Crippen LogP contribution in [0.1, 0.15) is 6.92 Å². The molecular formula is C11H17N9. The molecule has 1 fully saturated rings. The summed E-state index contributed by atoms with van der Waals surface area (Å²) in [5.74, 6) is 1.16. The summed E-state index contributed by atoms with van der Waals surface area (Å²) in [5.41, 5.74) is 5.77. The summed E-state index contributed by atoms with van der Waals surface area (Å²) in [4.78, 5) is 21.0. The van der Waals surface area contributed by atoms with Crippen molar-refractivity contribution in [3.05, 3.63) is 12.7 Å². The smallest absolute Gasteiger partial charge is 0.258 e. The third kappa shape index (κ3) is 2.39.